The lowest BCUT2D eigenvalue weighted by atomic mass is 9.89. The SMILES string of the molecule is CC(C)(CCO)CNC(=O)C1CC(=O)N(c2cc(F)cc(F)c2)C1. The van der Waals surface area contributed by atoms with Crippen LogP contribution in [0.4, 0.5) is 14.5 Å². The van der Waals surface area contributed by atoms with Crippen LogP contribution in [0.3, 0.4) is 0 Å². The molecule has 2 N–H and O–H groups in total. The third-order valence-electron chi connectivity index (χ3n) is 4.18. The summed E-state index contributed by atoms with van der Waals surface area (Å²) in [6.07, 6.45) is 0.552. The quantitative estimate of drug-likeness (QED) is 0.830. The van der Waals surface area contributed by atoms with Crippen LogP contribution >= 0.6 is 0 Å². The van der Waals surface area contributed by atoms with Gasteiger partial charge < -0.3 is 15.3 Å². The number of halogens is 2. The molecular formula is C17H22F2N2O3. The molecule has 1 aliphatic heterocycles. The Morgan fingerprint density at radius 3 is 2.54 bits per heavy atom. The molecule has 0 spiro atoms. The first kappa shape index (κ1) is 18.3. The highest BCUT2D eigenvalue weighted by molar-refractivity contribution is 6.00. The molecule has 1 aliphatic rings. The maximum absolute atomic E-state index is 13.3. The van der Waals surface area contributed by atoms with Gasteiger partial charge in [-0.2, -0.15) is 0 Å². The number of aliphatic hydroxyl groups is 1. The fourth-order valence-corrected chi connectivity index (χ4v) is 2.69. The summed E-state index contributed by atoms with van der Waals surface area (Å²) < 4.78 is 26.6. The average Bonchev–Trinajstić information content (AvgIpc) is 2.86. The van der Waals surface area contributed by atoms with Crippen molar-refractivity contribution in [1.82, 2.24) is 5.32 Å². The molecule has 0 bridgehead atoms. The van der Waals surface area contributed by atoms with E-state index in [1.165, 1.54) is 4.90 Å². The molecule has 2 amide bonds. The molecule has 7 heteroatoms. The first-order valence-electron chi connectivity index (χ1n) is 7.87. The predicted octanol–water partition coefficient (Wildman–Crippen LogP) is 1.84. The standard InChI is InChI=1S/C17H22F2N2O3/c1-17(2,3-4-22)10-20-16(24)11-5-15(23)21(9-11)14-7-12(18)6-13(19)8-14/h6-8,11,22H,3-5,9-10H2,1-2H3,(H,20,24). The number of amides is 2. The molecule has 0 radical (unpaired) electrons. The molecule has 1 saturated heterocycles. The van der Waals surface area contributed by atoms with Gasteiger partial charge in [-0.05, 0) is 24.0 Å². The second-order valence-electron chi connectivity index (χ2n) is 6.89. The van der Waals surface area contributed by atoms with Crippen molar-refractivity contribution in [1.29, 1.82) is 0 Å². The molecule has 1 fully saturated rings. The van der Waals surface area contributed by atoms with E-state index in [0.29, 0.717) is 13.0 Å². The van der Waals surface area contributed by atoms with Gasteiger partial charge in [-0.15, -0.1) is 0 Å². The molecule has 0 saturated carbocycles. The van der Waals surface area contributed by atoms with Crippen LogP contribution in [0.5, 0.6) is 0 Å². The summed E-state index contributed by atoms with van der Waals surface area (Å²) in [6, 6.07) is 2.88. The number of anilines is 1. The molecule has 2 rings (SSSR count). The highest BCUT2D eigenvalue weighted by Gasteiger charge is 2.35. The lowest BCUT2D eigenvalue weighted by Crippen LogP contribution is -2.39. The second-order valence-corrected chi connectivity index (χ2v) is 6.89. The lowest BCUT2D eigenvalue weighted by molar-refractivity contribution is -0.126. The Balaban J connectivity index is 2.00. The van der Waals surface area contributed by atoms with E-state index in [9.17, 15) is 18.4 Å². The molecular weight excluding hydrogens is 318 g/mol. The highest BCUT2D eigenvalue weighted by atomic mass is 19.1. The number of hydrogen-bond acceptors (Lipinski definition) is 3. The Hall–Kier alpha value is -2.02. The number of aliphatic hydroxyl groups excluding tert-OH is 1. The molecule has 132 valence electrons. The summed E-state index contributed by atoms with van der Waals surface area (Å²) in [7, 11) is 0. The van der Waals surface area contributed by atoms with Crippen LogP contribution in [0, 0.1) is 23.0 Å². The Kier molecular flexibility index (Phi) is 5.54. The fraction of sp³-hybridized carbons (Fsp3) is 0.529. The minimum absolute atomic E-state index is 0.00436. The third-order valence-corrected chi connectivity index (χ3v) is 4.18. The van der Waals surface area contributed by atoms with Gasteiger partial charge in [0.05, 0.1) is 5.92 Å². The summed E-state index contributed by atoms with van der Waals surface area (Å²) >= 11 is 0. The van der Waals surface area contributed by atoms with Gasteiger partial charge in [-0.25, -0.2) is 8.78 Å². The fourth-order valence-electron chi connectivity index (χ4n) is 2.69. The number of nitrogens with zero attached hydrogens (tertiary/aromatic N) is 1. The van der Waals surface area contributed by atoms with Gasteiger partial charge in [0.25, 0.3) is 0 Å². The molecule has 1 heterocycles. The van der Waals surface area contributed by atoms with Crippen molar-refractivity contribution in [2.45, 2.75) is 26.7 Å². The van der Waals surface area contributed by atoms with E-state index in [2.05, 4.69) is 5.32 Å². The van der Waals surface area contributed by atoms with Crippen LogP contribution in [-0.2, 0) is 9.59 Å². The van der Waals surface area contributed by atoms with Crippen molar-refractivity contribution in [3.63, 3.8) is 0 Å². The summed E-state index contributed by atoms with van der Waals surface area (Å²) in [5, 5.41) is 11.8. The number of carbonyl (C=O) groups excluding carboxylic acids is 2. The largest absolute Gasteiger partial charge is 0.396 e. The van der Waals surface area contributed by atoms with Gasteiger partial charge in [-0.3, -0.25) is 9.59 Å². The van der Waals surface area contributed by atoms with E-state index in [1.54, 1.807) is 0 Å². The van der Waals surface area contributed by atoms with Gasteiger partial charge in [0.15, 0.2) is 0 Å². The van der Waals surface area contributed by atoms with Crippen molar-refractivity contribution in [2.24, 2.45) is 11.3 Å². The molecule has 1 atom stereocenters. The summed E-state index contributed by atoms with van der Waals surface area (Å²) in [6.45, 7) is 4.35. The molecule has 24 heavy (non-hydrogen) atoms. The maximum atomic E-state index is 13.3. The minimum atomic E-state index is -0.767. The van der Waals surface area contributed by atoms with E-state index in [4.69, 9.17) is 5.11 Å². The summed E-state index contributed by atoms with van der Waals surface area (Å²) in [4.78, 5) is 25.6. The van der Waals surface area contributed by atoms with Crippen molar-refractivity contribution >= 4 is 17.5 Å². The van der Waals surface area contributed by atoms with Gasteiger partial charge in [-0.1, -0.05) is 13.8 Å². The molecule has 1 unspecified atom stereocenters. The Morgan fingerprint density at radius 2 is 1.96 bits per heavy atom. The van der Waals surface area contributed by atoms with Gasteiger partial charge in [0.1, 0.15) is 11.6 Å². The van der Waals surface area contributed by atoms with E-state index < -0.39 is 17.6 Å². The van der Waals surface area contributed by atoms with Gasteiger partial charge >= 0.3 is 0 Å². The third kappa shape index (κ3) is 4.50. The zero-order valence-electron chi connectivity index (χ0n) is 13.8. The van der Waals surface area contributed by atoms with Crippen molar-refractivity contribution in [3.05, 3.63) is 29.8 Å². The normalized spacial score (nSPS) is 18.1. The van der Waals surface area contributed by atoms with Crippen LogP contribution in [0.15, 0.2) is 18.2 Å². The van der Waals surface area contributed by atoms with Crippen LogP contribution < -0.4 is 10.2 Å². The number of nitrogens with one attached hydrogen (secondary N) is 1. The van der Waals surface area contributed by atoms with Crippen molar-refractivity contribution in [2.75, 3.05) is 24.6 Å². The van der Waals surface area contributed by atoms with Crippen LogP contribution in [0.2, 0.25) is 0 Å². The Labute approximate surface area is 139 Å². The highest BCUT2D eigenvalue weighted by Crippen LogP contribution is 2.27. The van der Waals surface area contributed by atoms with Gasteiger partial charge in [0, 0.05) is 37.9 Å². The molecule has 0 aliphatic carbocycles. The number of carbonyl (C=O) groups is 2. The van der Waals surface area contributed by atoms with Crippen molar-refractivity contribution < 1.29 is 23.5 Å². The van der Waals surface area contributed by atoms with E-state index >= 15 is 0 Å². The lowest BCUT2D eigenvalue weighted by Gasteiger charge is -2.24. The van der Waals surface area contributed by atoms with Crippen LogP contribution in [0.1, 0.15) is 26.7 Å². The Morgan fingerprint density at radius 1 is 1.33 bits per heavy atom. The second kappa shape index (κ2) is 7.25. The molecule has 1 aromatic rings. The molecule has 5 nitrogen and oxygen atoms in total. The van der Waals surface area contributed by atoms with Crippen molar-refractivity contribution in [3.8, 4) is 0 Å². The maximum Gasteiger partial charge on any atom is 0.227 e. The topological polar surface area (TPSA) is 69.6 Å². The predicted molar refractivity (Wildman–Crippen MR) is 85.3 cm³/mol. The number of rotatable bonds is 6. The zero-order valence-corrected chi connectivity index (χ0v) is 13.8. The van der Waals surface area contributed by atoms with Gasteiger partial charge in [0.2, 0.25) is 11.8 Å². The number of benzene rings is 1. The first-order chi connectivity index (χ1) is 11.2. The van der Waals surface area contributed by atoms with E-state index in [-0.39, 0.29) is 42.5 Å². The zero-order chi connectivity index (χ0) is 17.9. The smallest absolute Gasteiger partial charge is 0.227 e. The average molecular weight is 340 g/mol. The Bertz CT molecular complexity index is 614. The summed E-state index contributed by atoms with van der Waals surface area (Å²) in [5.41, 5.74) is -0.133. The minimum Gasteiger partial charge on any atom is -0.396 e. The van der Waals surface area contributed by atoms with Crippen LogP contribution in [-0.4, -0.2) is 36.6 Å². The number of hydrogen-bond donors (Lipinski definition) is 2. The van der Waals surface area contributed by atoms with Crippen LogP contribution in [0.25, 0.3) is 0 Å². The monoisotopic (exact) mass is 340 g/mol. The first-order valence-corrected chi connectivity index (χ1v) is 7.87. The molecule has 1 aromatic carbocycles. The van der Waals surface area contributed by atoms with E-state index in [0.717, 1.165) is 18.2 Å². The summed E-state index contributed by atoms with van der Waals surface area (Å²) in [5.74, 6) is -2.70. The van der Waals surface area contributed by atoms with E-state index in [1.807, 2.05) is 13.8 Å². The molecule has 0 aromatic heterocycles.